The molecule has 2 rings (SSSR count). The fourth-order valence-electron chi connectivity index (χ4n) is 3.33. The lowest BCUT2D eigenvalue weighted by Gasteiger charge is -2.40. The second-order valence-electron chi connectivity index (χ2n) is 5.09. The third kappa shape index (κ3) is 2.23. The fourth-order valence-corrected chi connectivity index (χ4v) is 3.33. The molecule has 0 radical (unpaired) electrons. The Balaban J connectivity index is 1.97. The van der Waals surface area contributed by atoms with Crippen molar-refractivity contribution in [3.8, 4) is 0 Å². The molecule has 3 atom stereocenters. The molecule has 0 aromatic heterocycles. The van der Waals surface area contributed by atoms with Gasteiger partial charge in [0, 0.05) is 18.1 Å². The van der Waals surface area contributed by atoms with Gasteiger partial charge in [0.05, 0.1) is 19.6 Å². The van der Waals surface area contributed by atoms with Crippen molar-refractivity contribution in [2.45, 2.75) is 63.3 Å². The summed E-state index contributed by atoms with van der Waals surface area (Å²) in [4.78, 5) is 13.7. The Bertz CT molecular complexity index is 255. The summed E-state index contributed by atoms with van der Waals surface area (Å²) in [5, 5.41) is 9.70. The SMILES string of the molecule is COC(=O)C[C@@H](C)N1[C@H]2CC[C@H]1CC(O)C2. The lowest BCUT2D eigenvalue weighted by Crippen LogP contribution is -2.49. The lowest BCUT2D eigenvalue weighted by atomic mass is 9.97. The average molecular weight is 227 g/mol. The number of carbonyl (C=O) groups excluding carboxylic acids is 1. The highest BCUT2D eigenvalue weighted by molar-refractivity contribution is 5.69. The number of hydrogen-bond donors (Lipinski definition) is 1. The van der Waals surface area contributed by atoms with E-state index in [-0.39, 0.29) is 18.1 Å². The molecule has 2 aliphatic heterocycles. The lowest BCUT2D eigenvalue weighted by molar-refractivity contribution is -0.142. The number of ether oxygens (including phenoxy) is 1. The summed E-state index contributed by atoms with van der Waals surface area (Å²) in [5.74, 6) is -0.141. The minimum atomic E-state index is -0.141. The van der Waals surface area contributed by atoms with Crippen molar-refractivity contribution in [3.05, 3.63) is 0 Å². The van der Waals surface area contributed by atoms with Gasteiger partial charge in [-0.3, -0.25) is 9.69 Å². The van der Waals surface area contributed by atoms with E-state index < -0.39 is 0 Å². The molecule has 2 bridgehead atoms. The smallest absolute Gasteiger partial charge is 0.307 e. The number of piperidine rings is 1. The molecular formula is C12H21NO3. The number of esters is 1. The molecule has 0 amide bonds. The van der Waals surface area contributed by atoms with E-state index in [1.807, 2.05) is 0 Å². The van der Waals surface area contributed by atoms with E-state index in [4.69, 9.17) is 4.74 Å². The summed E-state index contributed by atoms with van der Waals surface area (Å²) in [7, 11) is 1.43. The van der Waals surface area contributed by atoms with Gasteiger partial charge in [0.25, 0.3) is 0 Å². The van der Waals surface area contributed by atoms with Gasteiger partial charge < -0.3 is 9.84 Å². The zero-order chi connectivity index (χ0) is 11.7. The van der Waals surface area contributed by atoms with E-state index in [2.05, 4.69) is 11.8 Å². The molecule has 0 aromatic carbocycles. The summed E-state index contributed by atoms with van der Waals surface area (Å²) in [5.41, 5.74) is 0. The van der Waals surface area contributed by atoms with E-state index in [1.165, 1.54) is 7.11 Å². The summed E-state index contributed by atoms with van der Waals surface area (Å²) < 4.78 is 4.71. The Morgan fingerprint density at radius 2 is 2.00 bits per heavy atom. The van der Waals surface area contributed by atoms with Gasteiger partial charge in [-0.1, -0.05) is 0 Å². The molecule has 0 aromatic rings. The summed E-state index contributed by atoms with van der Waals surface area (Å²) in [6, 6.07) is 1.17. The zero-order valence-corrected chi connectivity index (χ0v) is 10.1. The van der Waals surface area contributed by atoms with Crippen LogP contribution in [-0.4, -0.2) is 47.3 Å². The van der Waals surface area contributed by atoms with Crippen LogP contribution in [0.2, 0.25) is 0 Å². The number of carbonyl (C=O) groups is 1. The molecule has 0 saturated carbocycles. The first-order chi connectivity index (χ1) is 7.61. The molecule has 16 heavy (non-hydrogen) atoms. The molecule has 4 nitrogen and oxygen atoms in total. The predicted octanol–water partition coefficient (Wildman–Crippen LogP) is 0.926. The van der Waals surface area contributed by atoms with Crippen LogP contribution in [0.4, 0.5) is 0 Å². The van der Waals surface area contributed by atoms with E-state index in [1.54, 1.807) is 0 Å². The Hall–Kier alpha value is -0.610. The number of methoxy groups -OCH3 is 1. The van der Waals surface area contributed by atoms with Crippen molar-refractivity contribution in [2.24, 2.45) is 0 Å². The quantitative estimate of drug-likeness (QED) is 0.729. The molecule has 2 saturated heterocycles. The maximum absolute atomic E-state index is 11.3. The second-order valence-corrected chi connectivity index (χ2v) is 5.09. The average Bonchev–Trinajstić information content (AvgIpc) is 2.51. The van der Waals surface area contributed by atoms with Gasteiger partial charge in [0.15, 0.2) is 0 Å². The van der Waals surface area contributed by atoms with E-state index in [0.29, 0.717) is 18.5 Å². The van der Waals surface area contributed by atoms with Crippen LogP contribution in [-0.2, 0) is 9.53 Å². The Labute approximate surface area is 96.6 Å². The Kier molecular flexibility index (Phi) is 3.50. The topological polar surface area (TPSA) is 49.8 Å². The summed E-state index contributed by atoms with van der Waals surface area (Å²) in [6.07, 6.45) is 4.36. The van der Waals surface area contributed by atoms with Crippen LogP contribution >= 0.6 is 0 Å². The highest BCUT2D eigenvalue weighted by Gasteiger charge is 2.42. The van der Waals surface area contributed by atoms with Gasteiger partial charge in [0.1, 0.15) is 0 Å². The van der Waals surface area contributed by atoms with Crippen LogP contribution < -0.4 is 0 Å². The standard InChI is InChI=1S/C12H21NO3/c1-8(5-12(15)16-2)13-9-3-4-10(13)7-11(14)6-9/h8-11,14H,3-7H2,1-2H3/t8-,9+,10+/m1/s1. The van der Waals surface area contributed by atoms with Gasteiger partial charge in [-0.05, 0) is 32.6 Å². The number of hydrogen-bond acceptors (Lipinski definition) is 4. The number of aliphatic hydroxyl groups excluding tert-OH is 1. The minimum absolute atomic E-state index is 0.140. The molecule has 2 fully saturated rings. The molecule has 1 N–H and O–H groups in total. The van der Waals surface area contributed by atoms with Crippen LogP contribution in [0.1, 0.15) is 39.0 Å². The molecule has 92 valence electrons. The monoisotopic (exact) mass is 227 g/mol. The Morgan fingerprint density at radius 1 is 1.44 bits per heavy atom. The maximum atomic E-state index is 11.3. The van der Waals surface area contributed by atoms with Crippen molar-refractivity contribution >= 4 is 5.97 Å². The molecule has 0 unspecified atom stereocenters. The van der Waals surface area contributed by atoms with Crippen molar-refractivity contribution < 1.29 is 14.6 Å². The van der Waals surface area contributed by atoms with E-state index in [9.17, 15) is 9.90 Å². The first-order valence-electron chi connectivity index (χ1n) is 6.14. The maximum Gasteiger partial charge on any atom is 0.307 e. The van der Waals surface area contributed by atoms with Crippen LogP contribution in [0.5, 0.6) is 0 Å². The molecule has 0 spiro atoms. The molecular weight excluding hydrogens is 206 g/mol. The second kappa shape index (κ2) is 4.72. The van der Waals surface area contributed by atoms with Crippen molar-refractivity contribution in [1.82, 2.24) is 4.90 Å². The normalized spacial score (nSPS) is 36.1. The van der Waals surface area contributed by atoms with Gasteiger partial charge >= 0.3 is 5.97 Å². The molecule has 0 aliphatic carbocycles. The van der Waals surface area contributed by atoms with Crippen molar-refractivity contribution in [3.63, 3.8) is 0 Å². The third-order valence-electron chi connectivity index (χ3n) is 3.96. The van der Waals surface area contributed by atoms with E-state index >= 15 is 0 Å². The number of aliphatic hydroxyl groups is 1. The summed E-state index contributed by atoms with van der Waals surface area (Å²) in [6.45, 7) is 2.08. The van der Waals surface area contributed by atoms with Gasteiger partial charge in [-0.2, -0.15) is 0 Å². The van der Waals surface area contributed by atoms with Crippen LogP contribution in [0.15, 0.2) is 0 Å². The summed E-state index contributed by atoms with van der Waals surface area (Å²) >= 11 is 0. The van der Waals surface area contributed by atoms with E-state index in [0.717, 1.165) is 25.7 Å². The predicted molar refractivity (Wildman–Crippen MR) is 60.0 cm³/mol. The third-order valence-corrected chi connectivity index (χ3v) is 3.96. The fraction of sp³-hybridized carbons (Fsp3) is 0.917. The van der Waals surface area contributed by atoms with Gasteiger partial charge in [0.2, 0.25) is 0 Å². The molecule has 2 aliphatic rings. The van der Waals surface area contributed by atoms with Crippen LogP contribution in [0, 0.1) is 0 Å². The Morgan fingerprint density at radius 3 is 2.50 bits per heavy atom. The highest BCUT2D eigenvalue weighted by atomic mass is 16.5. The van der Waals surface area contributed by atoms with Crippen molar-refractivity contribution in [2.75, 3.05) is 7.11 Å². The number of rotatable bonds is 3. The molecule has 2 heterocycles. The van der Waals surface area contributed by atoms with Crippen LogP contribution in [0.3, 0.4) is 0 Å². The number of nitrogens with zero attached hydrogens (tertiary/aromatic N) is 1. The largest absolute Gasteiger partial charge is 0.469 e. The van der Waals surface area contributed by atoms with Crippen LogP contribution in [0.25, 0.3) is 0 Å². The number of fused-ring (bicyclic) bond motifs is 2. The van der Waals surface area contributed by atoms with Crippen molar-refractivity contribution in [1.29, 1.82) is 0 Å². The van der Waals surface area contributed by atoms with Gasteiger partial charge in [-0.15, -0.1) is 0 Å². The first kappa shape index (κ1) is 11.9. The minimum Gasteiger partial charge on any atom is -0.469 e. The highest BCUT2D eigenvalue weighted by Crippen LogP contribution is 2.37. The van der Waals surface area contributed by atoms with Gasteiger partial charge in [-0.25, -0.2) is 0 Å². The zero-order valence-electron chi connectivity index (χ0n) is 10.1. The molecule has 4 heteroatoms. The first-order valence-corrected chi connectivity index (χ1v) is 6.14.